The monoisotopic (exact) mass is 302 g/mol. The average molecular weight is 302 g/mol. The van der Waals surface area contributed by atoms with Crippen molar-refractivity contribution in [2.24, 2.45) is 5.41 Å². The maximum Gasteiger partial charge on any atom is 0.272 e. The van der Waals surface area contributed by atoms with Crippen LogP contribution in [0.4, 0.5) is 5.82 Å². The van der Waals surface area contributed by atoms with Gasteiger partial charge in [0, 0.05) is 24.9 Å². The zero-order valence-corrected chi connectivity index (χ0v) is 13.2. The molecule has 0 atom stereocenters. The first kappa shape index (κ1) is 16.0. The van der Waals surface area contributed by atoms with Crippen LogP contribution >= 0.6 is 0 Å². The molecule has 1 aromatic carbocycles. The largest absolute Gasteiger partial charge is 0.368 e. The van der Waals surface area contributed by atoms with E-state index < -0.39 is 0 Å². The van der Waals surface area contributed by atoms with E-state index in [0.717, 1.165) is 5.39 Å². The Balaban J connectivity index is 2.10. The number of carbonyl (C=O) groups is 1. The summed E-state index contributed by atoms with van der Waals surface area (Å²) < 4.78 is 0. The highest BCUT2D eigenvalue weighted by Gasteiger charge is 2.19. The Morgan fingerprint density at radius 1 is 1.23 bits per heavy atom. The Morgan fingerprint density at radius 3 is 2.59 bits per heavy atom. The lowest BCUT2D eigenvalue weighted by atomic mass is 9.93. The number of aromatic amines is 1. The van der Waals surface area contributed by atoms with E-state index in [1.165, 1.54) is 0 Å². The number of hydrogen-bond acceptors (Lipinski definition) is 4. The summed E-state index contributed by atoms with van der Waals surface area (Å²) in [5, 5.41) is 14.1. The highest BCUT2D eigenvalue weighted by molar-refractivity contribution is 5.90. The zero-order chi connectivity index (χ0) is 16.2. The highest BCUT2D eigenvalue weighted by Crippen LogP contribution is 2.20. The zero-order valence-electron chi connectivity index (χ0n) is 13.2. The molecule has 0 radical (unpaired) electrons. The number of fused-ring (bicyclic) bond motifs is 1. The Kier molecular flexibility index (Phi) is 4.80. The van der Waals surface area contributed by atoms with Crippen LogP contribution in [0.25, 0.3) is 10.8 Å². The molecule has 0 unspecified atom stereocenters. The van der Waals surface area contributed by atoms with Gasteiger partial charge in [0.25, 0.3) is 5.56 Å². The van der Waals surface area contributed by atoms with Gasteiger partial charge in [-0.05, 0) is 11.5 Å². The number of benzene rings is 1. The minimum atomic E-state index is -0.199. The Bertz CT molecular complexity index is 721. The molecular formula is C16H22N4O2. The summed E-state index contributed by atoms with van der Waals surface area (Å²) in [7, 11) is 0. The van der Waals surface area contributed by atoms with Crippen molar-refractivity contribution in [1.29, 1.82) is 0 Å². The standard InChI is InChI=1S/C16H22N4O2/c1-4-13(21)17-9-16(2,3)10-18-14-11-7-5-6-8-12(11)15(22)20-19-14/h5-8H,4,9-10H2,1-3H3,(H,17,21)(H,18,19)(H,20,22). The molecule has 3 N–H and O–H groups in total. The Labute approximate surface area is 129 Å². The number of aromatic nitrogens is 2. The molecule has 6 heteroatoms. The second-order valence-electron chi connectivity index (χ2n) is 6.09. The molecule has 0 bridgehead atoms. The number of carbonyl (C=O) groups excluding carboxylic acids is 1. The molecule has 1 amide bonds. The van der Waals surface area contributed by atoms with Crippen molar-refractivity contribution < 1.29 is 4.79 Å². The third-order valence-electron chi connectivity index (χ3n) is 3.52. The van der Waals surface area contributed by atoms with E-state index in [1.54, 1.807) is 6.07 Å². The summed E-state index contributed by atoms with van der Waals surface area (Å²) in [6.07, 6.45) is 0.482. The van der Waals surface area contributed by atoms with E-state index in [9.17, 15) is 9.59 Å². The van der Waals surface area contributed by atoms with E-state index in [0.29, 0.717) is 30.7 Å². The first-order valence-electron chi connectivity index (χ1n) is 7.41. The van der Waals surface area contributed by atoms with Gasteiger partial charge in [0.05, 0.1) is 5.39 Å². The van der Waals surface area contributed by atoms with Crippen molar-refractivity contribution in [3.63, 3.8) is 0 Å². The molecule has 0 saturated heterocycles. The van der Waals surface area contributed by atoms with E-state index in [1.807, 2.05) is 25.1 Å². The number of nitrogens with zero attached hydrogens (tertiary/aromatic N) is 1. The number of anilines is 1. The lowest BCUT2D eigenvalue weighted by Gasteiger charge is -2.25. The summed E-state index contributed by atoms with van der Waals surface area (Å²) in [5.41, 5.74) is -0.334. The summed E-state index contributed by atoms with van der Waals surface area (Å²) in [6, 6.07) is 7.34. The molecule has 0 saturated carbocycles. The van der Waals surface area contributed by atoms with Crippen molar-refractivity contribution in [2.75, 3.05) is 18.4 Å². The molecule has 0 fully saturated rings. The fourth-order valence-electron chi connectivity index (χ4n) is 2.10. The minimum absolute atomic E-state index is 0.0423. The van der Waals surface area contributed by atoms with Crippen molar-refractivity contribution in [2.45, 2.75) is 27.2 Å². The molecule has 0 spiro atoms. The number of nitrogens with one attached hydrogen (secondary N) is 3. The van der Waals surface area contributed by atoms with Gasteiger partial charge >= 0.3 is 0 Å². The maximum absolute atomic E-state index is 11.7. The lowest BCUT2D eigenvalue weighted by molar-refractivity contribution is -0.121. The van der Waals surface area contributed by atoms with E-state index in [4.69, 9.17) is 0 Å². The smallest absolute Gasteiger partial charge is 0.272 e. The van der Waals surface area contributed by atoms with Crippen LogP contribution in [-0.4, -0.2) is 29.2 Å². The molecule has 1 aromatic heterocycles. The van der Waals surface area contributed by atoms with Gasteiger partial charge in [-0.3, -0.25) is 9.59 Å². The van der Waals surface area contributed by atoms with Gasteiger partial charge in [-0.25, -0.2) is 5.10 Å². The normalized spacial score (nSPS) is 11.4. The molecule has 0 aliphatic carbocycles. The number of H-pyrrole nitrogens is 1. The van der Waals surface area contributed by atoms with Gasteiger partial charge < -0.3 is 10.6 Å². The fraction of sp³-hybridized carbons (Fsp3) is 0.438. The molecule has 0 aliphatic rings. The average Bonchev–Trinajstić information content (AvgIpc) is 2.52. The quantitative estimate of drug-likeness (QED) is 0.760. The number of hydrogen-bond donors (Lipinski definition) is 3. The highest BCUT2D eigenvalue weighted by atomic mass is 16.1. The van der Waals surface area contributed by atoms with Gasteiger partial charge in [-0.2, -0.15) is 5.10 Å². The van der Waals surface area contributed by atoms with Gasteiger partial charge in [-0.1, -0.05) is 39.0 Å². The first-order valence-corrected chi connectivity index (χ1v) is 7.41. The van der Waals surface area contributed by atoms with Crippen LogP contribution in [0.1, 0.15) is 27.2 Å². The van der Waals surface area contributed by atoms with Crippen molar-refractivity contribution in [3.05, 3.63) is 34.6 Å². The number of rotatable bonds is 6. The topological polar surface area (TPSA) is 86.9 Å². The van der Waals surface area contributed by atoms with Gasteiger partial charge in [0.15, 0.2) is 5.82 Å². The predicted molar refractivity (Wildman–Crippen MR) is 87.9 cm³/mol. The van der Waals surface area contributed by atoms with Crippen LogP contribution in [0.3, 0.4) is 0 Å². The van der Waals surface area contributed by atoms with Crippen LogP contribution in [0.2, 0.25) is 0 Å². The van der Waals surface area contributed by atoms with Gasteiger partial charge in [0.2, 0.25) is 5.91 Å². The lowest BCUT2D eigenvalue weighted by Crippen LogP contribution is -2.38. The Morgan fingerprint density at radius 2 is 1.91 bits per heavy atom. The van der Waals surface area contributed by atoms with Crippen molar-refractivity contribution in [3.8, 4) is 0 Å². The second kappa shape index (κ2) is 6.60. The summed E-state index contributed by atoms with van der Waals surface area (Å²) in [6.45, 7) is 7.15. The summed E-state index contributed by atoms with van der Waals surface area (Å²) >= 11 is 0. The van der Waals surface area contributed by atoms with Gasteiger partial charge in [0.1, 0.15) is 0 Å². The molecule has 118 valence electrons. The molecule has 2 rings (SSSR count). The Hall–Kier alpha value is -2.37. The van der Waals surface area contributed by atoms with E-state index >= 15 is 0 Å². The molecule has 22 heavy (non-hydrogen) atoms. The summed E-state index contributed by atoms with van der Waals surface area (Å²) in [5.74, 6) is 0.686. The van der Waals surface area contributed by atoms with E-state index in [2.05, 4.69) is 34.7 Å². The molecule has 6 nitrogen and oxygen atoms in total. The van der Waals surface area contributed by atoms with Crippen molar-refractivity contribution in [1.82, 2.24) is 15.5 Å². The van der Waals surface area contributed by atoms with Crippen molar-refractivity contribution >= 4 is 22.5 Å². The predicted octanol–water partition coefficient (Wildman–Crippen LogP) is 1.89. The van der Waals surface area contributed by atoms with E-state index in [-0.39, 0.29) is 16.9 Å². The molecular weight excluding hydrogens is 280 g/mol. The molecule has 1 heterocycles. The van der Waals surface area contributed by atoms with Crippen LogP contribution < -0.4 is 16.2 Å². The fourth-order valence-corrected chi connectivity index (χ4v) is 2.10. The third-order valence-corrected chi connectivity index (χ3v) is 3.52. The van der Waals surface area contributed by atoms with Crippen LogP contribution in [0, 0.1) is 5.41 Å². The first-order chi connectivity index (χ1) is 10.4. The third kappa shape index (κ3) is 3.84. The number of amides is 1. The van der Waals surface area contributed by atoms with Crippen LogP contribution in [0.5, 0.6) is 0 Å². The SMILES string of the molecule is CCC(=O)NCC(C)(C)CNc1n[nH]c(=O)c2ccccc12. The van der Waals surface area contributed by atoms with Gasteiger partial charge in [-0.15, -0.1) is 0 Å². The molecule has 0 aliphatic heterocycles. The second-order valence-corrected chi connectivity index (χ2v) is 6.09. The molecule has 2 aromatic rings. The van der Waals surface area contributed by atoms with Crippen LogP contribution in [-0.2, 0) is 4.79 Å². The minimum Gasteiger partial charge on any atom is -0.368 e. The maximum atomic E-state index is 11.7. The van der Waals surface area contributed by atoms with Crippen LogP contribution in [0.15, 0.2) is 29.1 Å². The summed E-state index contributed by atoms with van der Waals surface area (Å²) in [4.78, 5) is 23.1.